The maximum Gasteiger partial charge on any atom is 0.0785 e. The van der Waals surface area contributed by atoms with Crippen LogP contribution >= 0.6 is 0 Å². The molecule has 3 heteroatoms. The van der Waals surface area contributed by atoms with Crippen LogP contribution in [0.1, 0.15) is 34.6 Å². The van der Waals surface area contributed by atoms with Gasteiger partial charge in [0, 0.05) is 0 Å². The molecule has 0 amide bonds. The van der Waals surface area contributed by atoms with Gasteiger partial charge in [-0.2, -0.15) is 0 Å². The Morgan fingerprint density at radius 2 is 1.69 bits per heavy atom. The van der Waals surface area contributed by atoms with E-state index in [1.807, 2.05) is 34.6 Å². The summed E-state index contributed by atoms with van der Waals surface area (Å²) < 4.78 is 10.9. The van der Waals surface area contributed by atoms with E-state index >= 15 is 0 Å². The van der Waals surface area contributed by atoms with E-state index in [2.05, 4.69) is 0 Å². The lowest BCUT2D eigenvalue weighted by Gasteiger charge is -2.24. The number of aliphatic hydroxyl groups is 1. The van der Waals surface area contributed by atoms with Crippen LogP contribution in [0.25, 0.3) is 0 Å². The Morgan fingerprint density at radius 1 is 1.15 bits per heavy atom. The third-order valence-corrected chi connectivity index (χ3v) is 1.47. The highest BCUT2D eigenvalue weighted by Crippen LogP contribution is 2.08. The molecule has 0 fully saturated rings. The summed E-state index contributed by atoms with van der Waals surface area (Å²) in [6, 6.07) is 0. The standard InChI is InChI=1S/C10H22O3/c1-8(6-11)13-9(2)7-12-10(3,4)5/h8-9,11H,6-7H2,1-5H3. The Labute approximate surface area is 81.0 Å². The molecule has 0 rings (SSSR count). The quantitative estimate of drug-likeness (QED) is 0.715. The maximum atomic E-state index is 8.75. The fourth-order valence-corrected chi connectivity index (χ4v) is 0.846. The molecule has 0 saturated carbocycles. The molecule has 0 aromatic rings. The van der Waals surface area contributed by atoms with Crippen LogP contribution in [-0.4, -0.2) is 36.1 Å². The van der Waals surface area contributed by atoms with Gasteiger partial charge < -0.3 is 14.6 Å². The predicted molar refractivity (Wildman–Crippen MR) is 52.8 cm³/mol. The topological polar surface area (TPSA) is 38.7 Å². The maximum absolute atomic E-state index is 8.75. The van der Waals surface area contributed by atoms with E-state index in [4.69, 9.17) is 14.6 Å². The van der Waals surface area contributed by atoms with Gasteiger partial charge in [-0.05, 0) is 34.6 Å². The second-order valence-electron chi connectivity index (χ2n) is 4.36. The van der Waals surface area contributed by atoms with Crippen molar-refractivity contribution in [1.29, 1.82) is 0 Å². The smallest absolute Gasteiger partial charge is 0.0785 e. The monoisotopic (exact) mass is 190 g/mol. The van der Waals surface area contributed by atoms with Crippen molar-refractivity contribution >= 4 is 0 Å². The fourth-order valence-electron chi connectivity index (χ4n) is 0.846. The van der Waals surface area contributed by atoms with Gasteiger partial charge in [-0.25, -0.2) is 0 Å². The molecular weight excluding hydrogens is 168 g/mol. The minimum Gasteiger partial charge on any atom is -0.394 e. The van der Waals surface area contributed by atoms with E-state index in [0.29, 0.717) is 6.61 Å². The van der Waals surface area contributed by atoms with Gasteiger partial charge in [0.05, 0.1) is 31.0 Å². The summed E-state index contributed by atoms with van der Waals surface area (Å²) in [7, 11) is 0. The van der Waals surface area contributed by atoms with Crippen LogP contribution in [-0.2, 0) is 9.47 Å². The molecule has 80 valence electrons. The van der Waals surface area contributed by atoms with Gasteiger partial charge in [0.2, 0.25) is 0 Å². The van der Waals surface area contributed by atoms with Gasteiger partial charge in [-0.15, -0.1) is 0 Å². The molecule has 0 aliphatic rings. The van der Waals surface area contributed by atoms with Crippen LogP contribution in [0.4, 0.5) is 0 Å². The van der Waals surface area contributed by atoms with E-state index in [1.54, 1.807) is 0 Å². The number of hydrogen-bond acceptors (Lipinski definition) is 3. The first-order valence-corrected chi connectivity index (χ1v) is 4.75. The molecule has 0 bridgehead atoms. The zero-order chi connectivity index (χ0) is 10.5. The summed E-state index contributed by atoms with van der Waals surface area (Å²) in [6.45, 7) is 10.4. The van der Waals surface area contributed by atoms with Crippen LogP contribution < -0.4 is 0 Å². The van der Waals surface area contributed by atoms with Gasteiger partial charge in [0.25, 0.3) is 0 Å². The summed E-state index contributed by atoms with van der Waals surface area (Å²) in [5, 5.41) is 8.75. The van der Waals surface area contributed by atoms with Crippen molar-refractivity contribution < 1.29 is 14.6 Å². The molecular formula is C10H22O3. The molecule has 2 atom stereocenters. The molecule has 2 unspecified atom stereocenters. The zero-order valence-electron chi connectivity index (χ0n) is 9.33. The van der Waals surface area contributed by atoms with Crippen molar-refractivity contribution in [3.05, 3.63) is 0 Å². The molecule has 0 spiro atoms. The molecule has 0 aromatic carbocycles. The highest BCUT2D eigenvalue weighted by atomic mass is 16.6. The second-order valence-corrected chi connectivity index (χ2v) is 4.36. The van der Waals surface area contributed by atoms with Crippen LogP contribution in [0.15, 0.2) is 0 Å². The fraction of sp³-hybridized carbons (Fsp3) is 1.00. The highest BCUT2D eigenvalue weighted by Gasteiger charge is 2.14. The number of aliphatic hydroxyl groups excluding tert-OH is 1. The van der Waals surface area contributed by atoms with Crippen LogP contribution in [0.3, 0.4) is 0 Å². The first-order valence-electron chi connectivity index (χ1n) is 4.75. The van der Waals surface area contributed by atoms with Crippen molar-refractivity contribution in [2.45, 2.75) is 52.4 Å². The SMILES string of the molecule is CC(CO)OC(C)COC(C)(C)C. The zero-order valence-corrected chi connectivity index (χ0v) is 9.33. The predicted octanol–water partition coefficient (Wildman–Crippen LogP) is 1.59. The second kappa shape index (κ2) is 5.58. The summed E-state index contributed by atoms with van der Waals surface area (Å²) >= 11 is 0. The lowest BCUT2D eigenvalue weighted by molar-refractivity contribution is -0.0933. The number of rotatable bonds is 5. The van der Waals surface area contributed by atoms with Crippen LogP contribution in [0.2, 0.25) is 0 Å². The highest BCUT2D eigenvalue weighted by molar-refractivity contribution is 4.61. The van der Waals surface area contributed by atoms with Crippen molar-refractivity contribution in [3.63, 3.8) is 0 Å². The normalized spacial score (nSPS) is 17.1. The Kier molecular flexibility index (Phi) is 5.53. The largest absolute Gasteiger partial charge is 0.394 e. The van der Waals surface area contributed by atoms with Gasteiger partial charge in [0.1, 0.15) is 0 Å². The van der Waals surface area contributed by atoms with Crippen molar-refractivity contribution in [1.82, 2.24) is 0 Å². The summed E-state index contributed by atoms with van der Waals surface area (Å²) in [6.07, 6.45) is -0.0834. The Bertz CT molecular complexity index is 129. The minimum absolute atomic E-state index is 0.0291. The van der Waals surface area contributed by atoms with Crippen molar-refractivity contribution in [2.24, 2.45) is 0 Å². The van der Waals surface area contributed by atoms with Gasteiger partial charge in [-0.3, -0.25) is 0 Å². The average molecular weight is 190 g/mol. The molecule has 0 radical (unpaired) electrons. The van der Waals surface area contributed by atoms with Crippen molar-refractivity contribution in [2.75, 3.05) is 13.2 Å². The number of ether oxygens (including phenoxy) is 2. The van der Waals surface area contributed by atoms with E-state index < -0.39 is 0 Å². The third kappa shape index (κ3) is 8.22. The molecule has 0 heterocycles. The first-order chi connectivity index (χ1) is 5.85. The van der Waals surface area contributed by atoms with E-state index in [-0.39, 0.29) is 24.4 Å². The molecule has 0 aliphatic heterocycles. The summed E-state index contributed by atoms with van der Waals surface area (Å²) in [4.78, 5) is 0. The Balaban J connectivity index is 3.57. The van der Waals surface area contributed by atoms with E-state index in [9.17, 15) is 0 Å². The van der Waals surface area contributed by atoms with Crippen LogP contribution in [0.5, 0.6) is 0 Å². The lowest BCUT2D eigenvalue weighted by Crippen LogP contribution is -2.29. The van der Waals surface area contributed by atoms with E-state index in [1.165, 1.54) is 0 Å². The Hall–Kier alpha value is -0.120. The molecule has 1 N–H and O–H groups in total. The van der Waals surface area contributed by atoms with Crippen molar-refractivity contribution in [3.8, 4) is 0 Å². The Morgan fingerprint density at radius 3 is 2.08 bits per heavy atom. The van der Waals surface area contributed by atoms with Gasteiger partial charge in [0.15, 0.2) is 0 Å². The number of hydrogen-bond donors (Lipinski definition) is 1. The van der Waals surface area contributed by atoms with Gasteiger partial charge in [-0.1, -0.05) is 0 Å². The minimum atomic E-state index is -0.125. The molecule has 0 aromatic heterocycles. The average Bonchev–Trinajstić information content (AvgIpc) is 1.99. The molecule has 3 nitrogen and oxygen atoms in total. The molecule has 0 aliphatic carbocycles. The third-order valence-electron chi connectivity index (χ3n) is 1.47. The molecule has 0 saturated heterocycles. The van der Waals surface area contributed by atoms with Gasteiger partial charge >= 0.3 is 0 Å². The summed E-state index contributed by atoms with van der Waals surface area (Å²) in [5.41, 5.74) is -0.125. The molecule has 13 heavy (non-hydrogen) atoms. The summed E-state index contributed by atoms with van der Waals surface area (Å²) in [5.74, 6) is 0. The van der Waals surface area contributed by atoms with E-state index in [0.717, 1.165) is 0 Å². The first kappa shape index (κ1) is 12.9. The van der Waals surface area contributed by atoms with Crippen LogP contribution in [0, 0.1) is 0 Å². The lowest BCUT2D eigenvalue weighted by atomic mass is 10.2.